The molecule has 4 aliphatic rings. The third-order valence-corrected chi connectivity index (χ3v) is 13.7. The fourth-order valence-electron chi connectivity index (χ4n) is 7.25. The molecule has 2 saturated heterocycles. The van der Waals surface area contributed by atoms with Crippen molar-refractivity contribution in [2.24, 2.45) is 0 Å². The van der Waals surface area contributed by atoms with Crippen molar-refractivity contribution in [3.63, 3.8) is 0 Å². The van der Waals surface area contributed by atoms with Crippen molar-refractivity contribution in [1.82, 2.24) is 25.3 Å². The number of hydrogen-bond donors (Lipinski definition) is 4. The van der Waals surface area contributed by atoms with Gasteiger partial charge in [-0.2, -0.15) is 9.97 Å². The van der Waals surface area contributed by atoms with E-state index in [0.29, 0.717) is 26.1 Å². The Kier molecular flexibility index (Phi) is 6.25. The lowest BCUT2D eigenvalue weighted by Gasteiger charge is -2.40. The third kappa shape index (κ3) is 6.14. The zero-order valence-electron chi connectivity index (χ0n) is 42.4. The number of benzene rings is 3. The van der Waals surface area contributed by atoms with E-state index in [0.717, 1.165) is 12.1 Å². The standard InChI is InChI=1S/C42H37F3N8O4Si/c1-58(2)28-17-24(52-13-3-14-52)9-11-26(28)30(27-12-10-25(18-29(27)58)53-15-4-16-53)31-32(41(55)56)35(44)36(45)33(34(31)43)39(54)47-19-22-5-7-23(8-6-22)20-57-40-37-38(49-21-48-37)50-42(46)51-40/h5-12,17-18,21H,3-4,13-16,19-20H2,1-2H3,(H4-,46,47,48,49,50,51,54,55,56)/p+1/i3D2,4D2,13D2,14D2,15D2,16D2. The molecule has 2 aromatic heterocycles. The van der Waals surface area contributed by atoms with Crippen LogP contribution in [0.4, 0.5) is 24.8 Å². The van der Waals surface area contributed by atoms with Gasteiger partial charge in [0, 0.05) is 53.9 Å². The smallest absolute Gasteiger partial charge is 0.339 e. The lowest BCUT2D eigenvalue weighted by atomic mass is 9.85. The molecule has 3 aromatic carbocycles. The van der Waals surface area contributed by atoms with Crippen LogP contribution >= 0.6 is 0 Å². The van der Waals surface area contributed by atoms with Crippen LogP contribution in [0.25, 0.3) is 16.7 Å². The number of ether oxygens (including phenoxy) is 1. The summed E-state index contributed by atoms with van der Waals surface area (Å²) < 4.78 is 157. The number of nitrogens with zero attached hydrogens (tertiary/aromatic N) is 5. The van der Waals surface area contributed by atoms with Crippen LogP contribution in [0.2, 0.25) is 13.1 Å². The number of nitrogen functional groups attached to an aromatic ring is 1. The summed E-state index contributed by atoms with van der Waals surface area (Å²) in [5, 5.41) is 13.1. The van der Waals surface area contributed by atoms with Crippen molar-refractivity contribution in [3.8, 4) is 5.88 Å². The number of aromatic amines is 1. The van der Waals surface area contributed by atoms with Crippen LogP contribution in [-0.2, 0) is 13.2 Å². The number of carbonyl (C=O) groups is 2. The van der Waals surface area contributed by atoms with Gasteiger partial charge < -0.3 is 30.8 Å². The Hall–Kier alpha value is -6.55. The number of halogens is 3. The molecule has 0 spiro atoms. The Morgan fingerprint density at radius 2 is 1.76 bits per heavy atom. The molecule has 1 amide bonds. The highest BCUT2D eigenvalue weighted by atomic mass is 28.3. The molecule has 5 aromatic rings. The van der Waals surface area contributed by atoms with Crippen molar-refractivity contribution in [2.75, 3.05) is 36.6 Å². The van der Waals surface area contributed by atoms with Gasteiger partial charge in [0.15, 0.2) is 23.0 Å². The van der Waals surface area contributed by atoms with Crippen LogP contribution in [0.1, 0.15) is 72.2 Å². The van der Waals surface area contributed by atoms with E-state index in [2.05, 4.69) is 25.3 Å². The van der Waals surface area contributed by atoms with E-state index in [4.69, 9.17) is 26.9 Å². The van der Waals surface area contributed by atoms with Gasteiger partial charge in [0.1, 0.15) is 55.6 Å². The summed E-state index contributed by atoms with van der Waals surface area (Å²) in [5.74, 6) is -9.64. The highest BCUT2D eigenvalue weighted by molar-refractivity contribution is 6.98. The number of allylic oxidation sites excluding steroid dienone is 5. The first kappa shape index (κ1) is 25.6. The third-order valence-electron chi connectivity index (χ3n) is 10.2. The molecule has 0 bridgehead atoms. The molecule has 16 heteroatoms. The fraction of sp³-hybridized carbons (Fsp3) is 0.238. The van der Waals surface area contributed by atoms with Gasteiger partial charge in [0.25, 0.3) is 5.91 Å². The van der Waals surface area contributed by atoms with Gasteiger partial charge in [-0.1, -0.05) is 43.4 Å². The van der Waals surface area contributed by atoms with Gasteiger partial charge in [-0.05, 0) is 62.8 Å². The Balaban J connectivity index is 1.14. The van der Waals surface area contributed by atoms with E-state index in [-0.39, 0.29) is 63.5 Å². The van der Waals surface area contributed by atoms with Crippen LogP contribution in [0.3, 0.4) is 0 Å². The van der Waals surface area contributed by atoms with Crippen LogP contribution in [0, 0.1) is 17.5 Å². The average molecular weight is 816 g/mol. The summed E-state index contributed by atoms with van der Waals surface area (Å²) in [7, 11) is -3.50. The van der Waals surface area contributed by atoms with Crippen molar-refractivity contribution >= 4 is 59.2 Å². The molecule has 5 heterocycles. The maximum Gasteiger partial charge on any atom is 0.339 e. The Labute approximate surface area is 348 Å². The van der Waals surface area contributed by atoms with Gasteiger partial charge >= 0.3 is 5.97 Å². The molecular weight excluding hydrogens is 766 g/mol. The van der Waals surface area contributed by atoms with Gasteiger partial charge in [-0.3, -0.25) is 4.79 Å². The Bertz CT molecular complexity index is 3250. The number of carboxylic acid groups (broad SMARTS) is 1. The normalized spacial score (nSPS) is 25.0. The maximum absolute atomic E-state index is 17.5. The Morgan fingerprint density at radius 3 is 2.52 bits per heavy atom. The first-order chi connectivity index (χ1) is 32.4. The number of anilines is 2. The molecular formula is C42H38F3N8O4Si+. The van der Waals surface area contributed by atoms with E-state index < -0.39 is 98.4 Å². The van der Waals surface area contributed by atoms with Crippen LogP contribution in [0.5, 0.6) is 5.88 Å². The summed E-state index contributed by atoms with van der Waals surface area (Å²) in [6, 6.07) is 10.0. The number of hydrogen-bond acceptors (Lipinski definition) is 8. The second-order valence-electron chi connectivity index (χ2n) is 14.0. The SMILES string of the molecule is [2H]C1([2H])N(c2ccc3c(c2)[Si](C)(C)C2=CC(=[N+]4C([2H])([2H])C([2H])([2H])C4([2H])[2H])C=CC2=C3c2c(F)c(C(=O)NCc3ccc(COc4nc(N)nc5nc[nH]c45)cc3)c(F)c(F)c2C(=O)O)C([2H])([2H])C1([2H])[2H]. The first-order valence-electron chi connectivity index (χ1n) is 23.6. The number of nitrogens with one attached hydrogen (secondary N) is 2. The first-order valence-corrected chi connectivity index (χ1v) is 20.6. The van der Waals surface area contributed by atoms with Crippen molar-refractivity contribution in [1.29, 1.82) is 0 Å². The average Bonchev–Trinajstić information content (AvgIpc) is 3.75. The molecule has 2 fully saturated rings. The number of carbonyl (C=O) groups excluding carboxylic acids is 1. The molecule has 9 rings (SSSR count). The van der Waals surface area contributed by atoms with E-state index in [9.17, 15) is 14.7 Å². The van der Waals surface area contributed by atoms with Crippen LogP contribution in [0.15, 0.2) is 77.8 Å². The predicted molar refractivity (Wildman–Crippen MR) is 215 cm³/mol. The number of aromatic carboxylic acids is 1. The summed E-state index contributed by atoms with van der Waals surface area (Å²) in [6.07, 6.45) is -0.991. The monoisotopic (exact) mass is 815 g/mol. The van der Waals surface area contributed by atoms with E-state index >= 15 is 13.2 Å². The minimum absolute atomic E-state index is 0.00143. The molecule has 58 heavy (non-hydrogen) atoms. The molecule has 12 nitrogen and oxygen atoms in total. The minimum atomic E-state index is -3.50. The van der Waals surface area contributed by atoms with E-state index in [1.54, 1.807) is 37.4 Å². The van der Waals surface area contributed by atoms with Gasteiger partial charge in [-0.15, -0.1) is 0 Å². The van der Waals surface area contributed by atoms with Crippen LogP contribution in [-0.4, -0.2) is 81.3 Å². The highest BCUT2D eigenvalue weighted by Gasteiger charge is 2.44. The number of nitrogens with two attached hydrogens (primary N) is 1. The van der Waals surface area contributed by atoms with E-state index in [1.165, 1.54) is 30.6 Å². The van der Waals surface area contributed by atoms with Gasteiger partial charge in [-0.25, -0.2) is 27.5 Å². The zero-order valence-corrected chi connectivity index (χ0v) is 31.4. The predicted octanol–water partition coefficient (Wildman–Crippen LogP) is 5.39. The van der Waals surface area contributed by atoms with Crippen LogP contribution < -0.4 is 25.9 Å². The maximum atomic E-state index is 17.5. The number of rotatable bonds is 9. The number of imidazole rings is 1. The molecule has 5 N–H and O–H groups in total. The summed E-state index contributed by atoms with van der Waals surface area (Å²) in [5.41, 5.74) is 2.35. The summed E-state index contributed by atoms with van der Waals surface area (Å²) in [6.45, 7) is -8.71. The molecule has 0 unspecified atom stereocenters. The molecule has 0 atom stereocenters. The number of carboxylic acids is 1. The Morgan fingerprint density at radius 1 is 1.02 bits per heavy atom. The molecule has 0 radical (unpaired) electrons. The lowest BCUT2D eigenvalue weighted by molar-refractivity contribution is -0.582. The van der Waals surface area contributed by atoms with Crippen molar-refractivity contribution in [2.45, 2.75) is 39.0 Å². The van der Waals surface area contributed by atoms with Crippen molar-refractivity contribution < 1.29 is 53.6 Å². The summed E-state index contributed by atoms with van der Waals surface area (Å²) >= 11 is 0. The molecule has 0 saturated carbocycles. The second-order valence-corrected chi connectivity index (χ2v) is 18.3. The number of H-pyrrole nitrogens is 1. The second kappa shape index (κ2) is 14.1. The van der Waals surface area contributed by atoms with Gasteiger partial charge in [0.2, 0.25) is 11.8 Å². The number of fused-ring (bicyclic) bond motifs is 3. The summed E-state index contributed by atoms with van der Waals surface area (Å²) in [4.78, 5) is 42.3. The lowest BCUT2D eigenvalue weighted by Crippen LogP contribution is -2.50. The highest BCUT2D eigenvalue weighted by Crippen LogP contribution is 2.45. The zero-order chi connectivity index (χ0) is 51.2. The number of aromatic nitrogens is 4. The van der Waals surface area contributed by atoms with E-state index in [1.807, 2.05) is 0 Å². The topological polar surface area (TPSA) is 162 Å². The van der Waals surface area contributed by atoms with Crippen molar-refractivity contribution in [3.05, 3.63) is 129 Å². The fourth-order valence-corrected chi connectivity index (χ4v) is 10.3. The quantitative estimate of drug-likeness (QED) is 0.0869. The largest absolute Gasteiger partial charge is 0.478 e. The molecule has 1 aliphatic carbocycles. The number of amides is 1. The van der Waals surface area contributed by atoms with Gasteiger partial charge in [0.05, 0.1) is 12.7 Å². The molecule has 294 valence electrons. The minimum Gasteiger partial charge on any atom is -0.478 e. The molecule has 3 aliphatic heterocycles.